The van der Waals surface area contributed by atoms with Gasteiger partial charge in [-0.05, 0) is 25.1 Å². The van der Waals surface area contributed by atoms with Gasteiger partial charge in [-0.1, -0.05) is 16.8 Å². The van der Waals surface area contributed by atoms with E-state index in [1.54, 1.807) is 0 Å². The van der Waals surface area contributed by atoms with Crippen molar-refractivity contribution in [3.8, 4) is 0 Å². The number of oxime groups is 1. The minimum atomic E-state index is -0.488. The van der Waals surface area contributed by atoms with Crippen LogP contribution in [0.25, 0.3) is 0 Å². The lowest BCUT2D eigenvalue weighted by atomic mass is 10.1. The van der Waals surface area contributed by atoms with Gasteiger partial charge >= 0.3 is 0 Å². The maximum absolute atomic E-state index is 13.0. The van der Waals surface area contributed by atoms with Crippen molar-refractivity contribution >= 4 is 17.3 Å². The first kappa shape index (κ1) is 9.00. The van der Waals surface area contributed by atoms with Gasteiger partial charge in [-0.2, -0.15) is 0 Å². The molecule has 0 spiro atoms. The highest BCUT2D eigenvalue weighted by Gasteiger charge is 2.05. The molecule has 0 bridgehead atoms. The van der Waals surface area contributed by atoms with Crippen LogP contribution in [-0.2, 0) is 0 Å². The monoisotopic (exact) mass is 187 g/mol. The molecule has 0 aliphatic rings. The van der Waals surface area contributed by atoms with Crippen molar-refractivity contribution in [2.75, 3.05) is 0 Å². The average Bonchev–Trinajstić information content (AvgIpc) is 2.03. The fourth-order valence-corrected chi connectivity index (χ4v) is 0.996. The molecule has 1 rings (SSSR count). The molecule has 64 valence electrons. The summed E-state index contributed by atoms with van der Waals surface area (Å²) in [6.07, 6.45) is 0. The van der Waals surface area contributed by atoms with Crippen molar-refractivity contribution in [2.24, 2.45) is 5.16 Å². The summed E-state index contributed by atoms with van der Waals surface area (Å²) in [5.41, 5.74) is 0.478. The Balaban J connectivity index is 3.18. The van der Waals surface area contributed by atoms with E-state index in [2.05, 4.69) is 5.16 Å². The Morgan fingerprint density at radius 2 is 2.25 bits per heavy atom. The SMILES string of the molecule is C/C(=N\O)c1ccc(Cl)cc1F. The Morgan fingerprint density at radius 3 is 2.75 bits per heavy atom. The first-order chi connectivity index (χ1) is 5.65. The number of hydrogen-bond donors (Lipinski definition) is 1. The molecule has 0 unspecified atom stereocenters. The molecule has 1 N–H and O–H groups in total. The van der Waals surface area contributed by atoms with Gasteiger partial charge in [0, 0.05) is 10.6 Å². The second kappa shape index (κ2) is 3.54. The van der Waals surface area contributed by atoms with Crippen LogP contribution in [0.3, 0.4) is 0 Å². The summed E-state index contributed by atoms with van der Waals surface area (Å²) in [5.74, 6) is -0.488. The molecule has 0 aromatic heterocycles. The van der Waals surface area contributed by atoms with Crippen LogP contribution in [0.5, 0.6) is 0 Å². The van der Waals surface area contributed by atoms with Gasteiger partial charge in [0.2, 0.25) is 0 Å². The Morgan fingerprint density at radius 1 is 1.58 bits per heavy atom. The zero-order valence-corrected chi connectivity index (χ0v) is 7.14. The zero-order chi connectivity index (χ0) is 9.14. The molecular formula is C8H7ClFNO. The van der Waals surface area contributed by atoms with Gasteiger partial charge in [0.05, 0.1) is 5.71 Å². The standard InChI is InChI=1S/C8H7ClFNO/c1-5(11-12)7-3-2-6(9)4-8(7)10/h2-4,12H,1H3/b11-5+. The van der Waals surface area contributed by atoms with E-state index in [-0.39, 0.29) is 11.3 Å². The second-order valence-corrected chi connectivity index (χ2v) is 2.75. The van der Waals surface area contributed by atoms with E-state index >= 15 is 0 Å². The molecule has 0 atom stereocenters. The summed E-state index contributed by atoms with van der Waals surface area (Å²) >= 11 is 5.52. The normalized spacial score (nSPS) is 11.8. The highest BCUT2D eigenvalue weighted by molar-refractivity contribution is 6.30. The molecule has 0 fully saturated rings. The lowest BCUT2D eigenvalue weighted by molar-refractivity contribution is 0.319. The predicted molar refractivity (Wildman–Crippen MR) is 45.4 cm³/mol. The summed E-state index contributed by atoms with van der Waals surface area (Å²) in [6, 6.07) is 4.17. The summed E-state index contributed by atoms with van der Waals surface area (Å²) in [7, 11) is 0. The van der Waals surface area contributed by atoms with Gasteiger partial charge in [0.15, 0.2) is 0 Å². The number of halogens is 2. The molecule has 0 aliphatic heterocycles. The topological polar surface area (TPSA) is 32.6 Å². The largest absolute Gasteiger partial charge is 0.411 e. The third kappa shape index (κ3) is 1.74. The fraction of sp³-hybridized carbons (Fsp3) is 0.125. The van der Waals surface area contributed by atoms with Crippen LogP contribution in [0.2, 0.25) is 5.02 Å². The minimum Gasteiger partial charge on any atom is -0.411 e. The minimum absolute atomic E-state index is 0.226. The van der Waals surface area contributed by atoms with Gasteiger partial charge in [-0.3, -0.25) is 0 Å². The number of nitrogens with zero attached hydrogens (tertiary/aromatic N) is 1. The van der Waals surface area contributed by atoms with E-state index < -0.39 is 5.82 Å². The van der Waals surface area contributed by atoms with E-state index in [1.807, 2.05) is 0 Å². The van der Waals surface area contributed by atoms with Crippen LogP contribution in [0, 0.1) is 5.82 Å². The van der Waals surface area contributed by atoms with Crippen molar-refractivity contribution in [1.82, 2.24) is 0 Å². The third-order valence-electron chi connectivity index (χ3n) is 1.47. The summed E-state index contributed by atoms with van der Waals surface area (Å²) < 4.78 is 13.0. The highest BCUT2D eigenvalue weighted by atomic mass is 35.5. The van der Waals surface area contributed by atoms with E-state index in [9.17, 15) is 4.39 Å². The predicted octanol–water partition coefficient (Wildman–Crippen LogP) is 2.68. The van der Waals surface area contributed by atoms with Gasteiger partial charge in [-0.15, -0.1) is 0 Å². The van der Waals surface area contributed by atoms with Crippen LogP contribution in [0.15, 0.2) is 23.4 Å². The molecule has 0 heterocycles. The summed E-state index contributed by atoms with van der Waals surface area (Å²) in [6.45, 7) is 1.51. The van der Waals surface area contributed by atoms with Crippen LogP contribution in [0.1, 0.15) is 12.5 Å². The molecule has 0 radical (unpaired) electrons. The number of rotatable bonds is 1. The van der Waals surface area contributed by atoms with Crippen LogP contribution < -0.4 is 0 Å². The Hall–Kier alpha value is -1.09. The average molecular weight is 188 g/mol. The van der Waals surface area contributed by atoms with Gasteiger partial charge in [0.1, 0.15) is 5.82 Å². The zero-order valence-electron chi connectivity index (χ0n) is 6.38. The molecule has 0 amide bonds. The van der Waals surface area contributed by atoms with Crippen molar-refractivity contribution in [1.29, 1.82) is 0 Å². The smallest absolute Gasteiger partial charge is 0.133 e. The molecule has 0 saturated carbocycles. The lowest BCUT2D eigenvalue weighted by Crippen LogP contribution is -1.97. The van der Waals surface area contributed by atoms with Crippen molar-refractivity contribution in [2.45, 2.75) is 6.92 Å². The highest BCUT2D eigenvalue weighted by Crippen LogP contribution is 2.14. The van der Waals surface area contributed by atoms with Crippen molar-refractivity contribution in [3.05, 3.63) is 34.6 Å². The molecule has 12 heavy (non-hydrogen) atoms. The summed E-state index contributed by atoms with van der Waals surface area (Å²) in [4.78, 5) is 0. The van der Waals surface area contributed by atoms with Crippen LogP contribution >= 0.6 is 11.6 Å². The molecular weight excluding hydrogens is 181 g/mol. The van der Waals surface area contributed by atoms with Gasteiger partial charge in [-0.25, -0.2) is 4.39 Å². The fourth-order valence-electron chi connectivity index (χ4n) is 0.837. The maximum Gasteiger partial charge on any atom is 0.133 e. The van der Waals surface area contributed by atoms with Crippen molar-refractivity contribution in [3.63, 3.8) is 0 Å². The molecule has 2 nitrogen and oxygen atoms in total. The molecule has 0 saturated heterocycles. The number of hydrogen-bond acceptors (Lipinski definition) is 2. The molecule has 4 heteroatoms. The molecule has 0 aliphatic carbocycles. The molecule has 1 aromatic rings. The van der Waals surface area contributed by atoms with Gasteiger partial charge in [0.25, 0.3) is 0 Å². The van der Waals surface area contributed by atoms with E-state index in [1.165, 1.54) is 25.1 Å². The van der Waals surface area contributed by atoms with Crippen LogP contribution in [0.4, 0.5) is 4.39 Å². The number of benzene rings is 1. The van der Waals surface area contributed by atoms with Crippen molar-refractivity contribution < 1.29 is 9.60 Å². The Labute approximate surface area is 74.3 Å². The maximum atomic E-state index is 13.0. The van der Waals surface area contributed by atoms with E-state index in [0.717, 1.165) is 0 Å². The van der Waals surface area contributed by atoms with Gasteiger partial charge < -0.3 is 5.21 Å². The third-order valence-corrected chi connectivity index (χ3v) is 1.71. The molecule has 1 aromatic carbocycles. The van der Waals surface area contributed by atoms with E-state index in [4.69, 9.17) is 16.8 Å². The Bertz CT molecular complexity index is 325. The lowest BCUT2D eigenvalue weighted by Gasteiger charge is -1.99. The van der Waals surface area contributed by atoms with Crippen LogP contribution in [-0.4, -0.2) is 10.9 Å². The second-order valence-electron chi connectivity index (χ2n) is 2.31. The quantitative estimate of drug-likeness (QED) is 0.409. The Kier molecular flexibility index (Phi) is 2.65. The summed E-state index contributed by atoms with van der Waals surface area (Å²) in [5, 5.41) is 11.6. The first-order valence-electron chi connectivity index (χ1n) is 3.29. The van der Waals surface area contributed by atoms with E-state index in [0.29, 0.717) is 5.02 Å². The first-order valence-corrected chi connectivity index (χ1v) is 3.67.